The molecule has 3 rings (SSSR count). The number of rotatable bonds is 5. The van der Waals surface area contributed by atoms with Gasteiger partial charge in [-0.05, 0) is 30.3 Å². The van der Waals surface area contributed by atoms with Crippen molar-refractivity contribution in [2.24, 2.45) is 4.99 Å². The Bertz CT molecular complexity index is 912. The summed E-state index contributed by atoms with van der Waals surface area (Å²) < 4.78 is 17.5. The molecular weight excluding hydrogens is 350 g/mol. The quantitative estimate of drug-likeness (QED) is 0.760. The van der Waals surface area contributed by atoms with Crippen molar-refractivity contribution in [2.75, 3.05) is 27.4 Å². The maximum absolute atomic E-state index is 11.2. The number of nitrogens with zero attached hydrogens (tertiary/aromatic N) is 3. The van der Waals surface area contributed by atoms with Crippen LogP contribution in [0.4, 0.5) is 0 Å². The number of aliphatic hydroxyl groups excluding tert-OH is 1. The Labute approximate surface area is 156 Å². The van der Waals surface area contributed by atoms with Crippen LogP contribution in [0.25, 0.3) is 0 Å². The van der Waals surface area contributed by atoms with Crippen LogP contribution in [0.1, 0.15) is 17.2 Å². The molecule has 8 heteroatoms. The molecule has 1 aromatic carbocycles. The molecule has 1 aromatic heterocycles. The van der Waals surface area contributed by atoms with Crippen molar-refractivity contribution in [3.05, 3.63) is 59.2 Å². The Balaban J connectivity index is 2.21. The number of benzene rings is 1. The lowest BCUT2D eigenvalue weighted by atomic mass is 9.84. The van der Waals surface area contributed by atoms with Crippen molar-refractivity contribution >= 4 is 0 Å². The van der Waals surface area contributed by atoms with E-state index in [4.69, 9.17) is 14.2 Å². The van der Waals surface area contributed by atoms with Crippen molar-refractivity contribution in [1.82, 2.24) is 4.73 Å². The SMILES string of the molecule is COCC1(COC)Oc2ccc(C#N)cc2[C@@H](N=c2ccccn2O)[C@@H]1O. The molecule has 1 aliphatic heterocycles. The molecule has 2 aromatic rings. The van der Waals surface area contributed by atoms with Crippen LogP contribution < -0.4 is 10.2 Å². The third-order valence-corrected chi connectivity index (χ3v) is 4.48. The molecule has 2 heterocycles. The van der Waals surface area contributed by atoms with Crippen molar-refractivity contribution in [3.8, 4) is 11.8 Å². The molecule has 2 N–H and O–H groups in total. The van der Waals surface area contributed by atoms with Crippen LogP contribution in [-0.2, 0) is 9.47 Å². The first kappa shape index (κ1) is 18.9. The number of hydrogen-bond donors (Lipinski definition) is 2. The second-order valence-electron chi connectivity index (χ2n) is 6.32. The Kier molecular flexibility index (Phi) is 5.46. The highest BCUT2D eigenvalue weighted by molar-refractivity contribution is 5.46. The predicted molar refractivity (Wildman–Crippen MR) is 94.2 cm³/mol. The molecule has 8 nitrogen and oxygen atoms in total. The topological polar surface area (TPSA) is 109 Å². The Morgan fingerprint density at radius 3 is 2.63 bits per heavy atom. The fraction of sp³-hybridized carbons (Fsp3) is 0.368. The summed E-state index contributed by atoms with van der Waals surface area (Å²) in [5.74, 6) is 0.475. The molecular formula is C19H21N3O5. The van der Waals surface area contributed by atoms with Gasteiger partial charge in [-0.1, -0.05) is 6.07 Å². The van der Waals surface area contributed by atoms with E-state index >= 15 is 0 Å². The van der Waals surface area contributed by atoms with Gasteiger partial charge < -0.3 is 24.5 Å². The Hall–Kier alpha value is -2.86. The van der Waals surface area contributed by atoms with Gasteiger partial charge in [-0.3, -0.25) is 4.99 Å². The number of nitriles is 1. The van der Waals surface area contributed by atoms with E-state index in [1.807, 2.05) is 0 Å². The summed E-state index contributed by atoms with van der Waals surface area (Å²) in [6.45, 7) is 0.142. The first-order valence-corrected chi connectivity index (χ1v) is 8.34. The molecule has 2 atom stereocenters. The average molecular weight is 371 g/mol. The summed E-state index contributed by atoms with van der Waals surface area (Å²) >= 11 is 0. The zero-order valence-corrected chi connectivity index (χ0v) is 15.1. The van der Waals surface area contributed by atoms with Crippen LogP contribution in [0, 0.1) is 11.3 Å². The van der Waals surface area contributed by atoms with Crippen molar-refractivity contribution < 1.29 is 24.5 Å². The van der Waals surface area contributed by atoms with E-state index in [2.05, 4.69) is 11.1 Å². The molecule has 0 unspecified atom stereocenters. The van der Waals surface area contributed by atoms with Gasteiger partial charge in [0.1, 0.15) is 17.9 Å². The highest BCUT2D eigenvalue weighted by atomic mass is 16.6. The van der Waals surface area contributed by atoms with Gasteiger partial charge in [0.25, 0.3) is 0 Å². The third-order valence-electron chi connectivity index (χ3n) is 4.48. The zero-order valence-electron chi connectivity index (χ0n) is 15.1. The van der Waals surface area contributed by atoms with Crippen LogP contribution in [0.2, 0.25) is 0 Å². The third kappa shape index (κ3) is 3.53. The molecule has 0 radical (unpaired) electrons. The van der Waals surface area contributed by atoms with Gasteiger partial charge in [0, 0.05) is 26.0 Å². The van der Waals surface area contributed by atoms with E-state index in [0.717, 1.165) is 4.73 Å². The standard InChI is InChI=1S/C19H21N3O5/c1-25-11-19(12-26-2)18(23)17(21-16-5-3-4-8-22(16)24)14-9-13(10-20)6-7-15(14)27-19/h3-9,17-18,23-24H,11-12H2,1-2H3/t17-,18+/m1/s1. The van der Waals surface area contributed by atoms with Crippen molar-refractivity contribution in [2.45, 2.75) is 17.7 Å². The van der Waals surface area contributed by atoms with Gasteiger partial charge in [0.15, 0.2) is 11.1 Å². The van der Waals surface area contributed by atoms with Gasteiger partial charge in [-0.2, -0.15) is 9.99 Å². The molecule has 0 aliphatic carbocycles. The summed E-state index contributed by atoms with van der Waals surface area (Å²) in [6, 6.07) is 11.2. The van der Waals surface area contributed by atoms with E-state index in [1.54, 1.807) is 36.4 Å². The highest BCUT2D eigenvalue weighted by Gasteiger charge is 2.50. The number of pyridine rings is 1. The molecule has 0 saturated carbocycles. The second-order valence-corrected chi connectivity index (χ2v) is 6.32. The number of aromatic nitrogens is 1. The number of methoxy groups -OCH3 is 2. The van der Waals surface area contributed by atoms with Crippen molar-refractivity contribution in [1.29, 1.82) is 5.26 Å². The van der Waals surface area contributed by atoms with Crippen LogP contribution in [-0.4, -0.2) is 54.2 Å². The van der Waals surface area contributed by atoms with Gasteiger partial charge in [-0.25, -0.2) is 0 Å². The maximum atomic E-state index is 11.2. The first-order chi connectivity index (χ1) is 13.0. The summed E-state index contributed by atoms with van der Waals surface area (Å²) in [5.41, 5.74) is 0.0304. The van der Waals surface area contributed by atoms with Crippen LogP contribution >= 0.6 is 0 Å². The molecule has 0 bridgehead atoms. The van der Waals surface area contributed by atoms with Crippen LogP contribution in [0.15, 0.2) is 47.6 Å². The number of ether oxygens (including phenoxy) is 3. The van der Waals surface area contributed by atoms with E-state index in [9.17, 15) is 15.6 Å². The summed E-state index contributed by atoms with van der Waals surface area (Å²) in [6.07, 6.45) is 0.299. The first-order valence-electron chi connectivity index (χ1n) is 8.34. The molecule has 1 aliphatic rings. The van der Waals surface area contributed by atoms with Gasteiger partial charge in [0.2, 0.25) is 0 Å². The number of aliphatic hydroxyl groups is 1. The minimum atomic E-state index is -1.19. The van der Waals surface area contributed by atoms with Gasteiger partial charge in [-0.15, -0.1) is 0 Å². The molecule has 142 valence electrons. The molecule has 0 spiro atoms. The monoisotopic (exact) mass is 371 g/mol. The highest BCUT2D eigenvalue weighted by Crippen LogP contribution is 2.42. The summed E-state index contributed by atoms with van der Waals surface area (Å²) in [5, 5.41) is 30.4. The Morgan fingerprint density at radius 1 is 1.26 bits per heavy atom. The van der Waals surface area contributed by atoms with E-state index < -0.39 is 17.7 Å². The van der Waals surface area contributed by atoms with Gasteiger partial charge >= 0.3 is 0 Å². The molecule has 0 amide bonds. The van der Waals surface area contributed by atoms with Crippen molar-refractivity contribution in [3.63, 3.8) is 0 Å². The fourth-order valence-corrected chi connectivity index (χ4v) is 3.25. The largest absolute Gasteiger partial charge is 0.479 e. The maximum Gasteiger partial charge on any atom is 0.183 e. The lowest BCUT2D eigenvalue weighted by Crippen LogP contribution is -2.59. The van der Waals surface area contributed by atoms with Gasteiger partial charge in [0.05, 0.1) is 24.8 Å². The normalized spacial score (nSPS) is 21.2. The second kappa shape index (κ2) is 7.80. The lowest BCUT2D eigenvalue weighted by molar-refractivity contribution is -0.144. The molecule has 0 fully saturated rings. The summed E-state index contributed by atoms with van der Waals surface area (Å²) in [7, 11) is 3.01. The van der Waals surface area contributed by atoms with E-state index in [-0.39, 0.29) is 18.7 Å². The van der Waals surface area contributed by atoms with Crippen LogP contribution in [0.5, 0.6) is 5.75 Å². The fourth-order valence-electron chi connectivity index (χ4n) is 3.25. The summed E-state index contributed by atoms with van der Waals surface area (Å²) in [4.78, 5) is 4.54. The smallest absolute Gasteiger partial charge is 0.183 e. The van der Waals surface area contributed by atoms with E-state index in [1.165, 1.54) is 20.4 Å². The average Bonchev–Trinajstić information content (AvgIpc) is 2.67. The Morgan fingerprint density at radius 2 is 2.00 bits per heavy atom. The number of hydrogen-bond acceptors (Lipinski definition) is 7. The lowest BCUT2D eigenvalue weighted by Gasteiger charge is -2.44. The van der Waals surface area contributed by atoms with E-state index in [0.29, 0.717) is 16.9 Å². The minimum Gasteiger partial charge on any atom is -0.479 e. The minimum absolute atomic E-state index is 0.0708. The molecule has 0 saturated heterocycles. The molecule has 27 heavy (non-hydrogen) atoms. The van der Waals surface area contributed by atoms with Crippen LogP contribution in [0.3, 0.4) is 0 Å². The number of fused-ring (bicyclic) bond motifs is 1. The zero-order chi connectivity index (χ0) is 19.4. The predicted octanol–water partition coefficient (Wildman–Crippen LogP) is 1.02.